The second-order valence-electron chi connectivity index (χ2n) is 5.56. The smallest absolute Gasteiger partial charge is 0.0547 e. The summed E-state index contributed by atoms with van der Waals surface area (Å²) < 4.78 is 0. The van der Waals surface area contributed by atoms with Gasteiger partial charge in [-0.2, -0.15) is 0 Å². The number of nitrogens with zero attached hydrogens (tertiary/aromatic N) is 2. The van der Waals surface area contributed by atoms with Crippen LogP contribution in [-0.2, 0) is 6.54 Å². The Hall–Kier alpha value is -0.930. The standard InChI is InChI=1S/C14H23N3/c1-12-4-3-5-13(16-12)10-17-8-6-14(2,11-15)7-9-17/h3-5H,6-11,15H2,1-2H3. The van der Waals surface area contributed by atoms with Gasteiger partial charge in [-0.05, 0) is 56.9 Å². The summed E-state index contributed by atoms with van der Waals surface area (Å²) in [5.41, 5.74) is 8.47. The van der Waals surface area contributed by atoms with Gasteiger partial charge in [-0.1, -0.05) is 13.0 Å². The van der Waals surface area contributed by atoms with Crippen molar-refractivity contribution >= 4 is 0 Å². The molecule has 1 fully saturated rings. The third-order valence-corrected chi connectivity index (χ3v) is 3.89. The zero-order valence-corrected chi connectivity index (χ0v) is 10.9. The van der Waals surface area contributed by atoms with E-state index in [0.717, 1.165) is 31.9 Å². The predicted octanol–water partition coefficient (Wildman–Crippen LogP) is 1.95. The summed E-state index contributed by atoms with van der Waals surface area (Å²) in [5.74, 6) is 0. The molecule has 3 heteroatoms. The summed E-state index contributed by atoms with van der Waals surface area (Å²) in [6.07, 6.45) is 2.41. The van der Waals surface area contributed by atoms with Crippen molar-refractivity contribution in [2.45, 2.75) is 33.2 Å². The molecule has 1 aliphatic heterocycles. The first kappa shape index (κ1) is 12.5. The summed E-state index contributed by atoms with van der Waals surface area (Å²) in [7, 11) is 0. The molecule has 0 unspecified atom stereocenters. The van der Waals surface area contributed by atoms with Crippen LogP contribution in [0.25, 0.3) is 0 Å². The second kappa shape index (κ2) is 5.15. The maximum Gasteiger partial charge on any atom is 0.0547 e. The van der Waals surface area contributed by atoms with E-state index in [-0.39, 0.29) is 0 Å². The fourth-order valence-electron chi connectivity index (χ4n) is 2.37. The number of aryl methyl sites for hydroxylation is 1. The lowest BCUT2D eigenvalue weighted by atomic mass is 9.80. The molecular weight excluding hydrogens is 210 g/mol. The number of aromatic nitrogens is 1. The van der Waals surface area contributed by atoms with Crippen molar-refractivity contribution in [3.8, 4) is 0 Å². The zero-order valence-electron chi connectivity index (χ0n) is 10.9. The van der Waals surface area contributed by atoms with Crippen LogP contribution in [0.4, 0.5) is 0 Å². The van der Waals surface area contributed by atoms with Gasteiger partial charge in [0.1, 0.15) is 0 Å². The summed E-state index contributed by atoms with van der Waals surface area (Å²) in [5, 5.41) is 0. The maximum atomic E-state index is 5.82. The molecule has 17 heavy (non-hydrogen) atoms. The summed E-state index contributed by atoms with van der Waals surface area (Å²) >= 11 is 0. The molecule has 2 rings (SSSR count). The Kier molecular flexibility index (Phi) is 3.79. The number of nitrogens with two attached hydrogens (primary N) is 1. The average molecular weight is 233 g/mol. The molecule has 1 aromatic rings. The highest BCUT2D eigenvalue weighted by Crippen LogP contribution is 2.29. The second-order valence-corrected chi connectivity index (χ2v) is 5.56. The number of rotatable bonds is 3. The van der Waals surface area contributed by atoms with E-state index >= 15 is 0 Å². The van der Waals surface area contributed by atoms with Gasteiger partial charge in [0.15, 0.2) is 0 Å². The van der Waals surface area contributed by atoms with Crippen LogP contribution in [0, 0.1) is 12.3 Å². The third kappa shape index (κ3) is 3.27. The number of pyridine rings is 1. The van der Waals surface area contributed by atoms with E-state index in [1.54, 1.807) is 0 Å². The van der Waals surface area contributed by atoms with Gasteiger partial charge in [0.2, 0.25) is 0 Å². The van der Waals surface area contributed by atoms with E-state index in [9.17, 15) is 0 Å². The van der Waals surface area contributed by atoms with Crippen molar-refractivity contribution in [2.24, 2.45) is 11.1 Å². The molecule has 1 aromatic heterocycles. The van der Waals surface area contributed by atoms with E-state index in [1.165, 1.54) is 18.5 Å². The minimum Gasteiger partial charge on any atom is -0.330 e. The molecule has 0 aromatic carbocycles. The highest BCUT2D eigenvalue weighted by atomic mass is 15.1. The molecule has 0 saturated carbocycles. The first-order valence-electron chi connectivity index (χ1n) is 6.46. The fourth-order valence-corrected chi connectivity index (χ4v) is 2.37. The van der Waals surface area contributed by atoms with Crippen LogP contribution in [-0.4, -0.2) is 29.5 Å². The van der Waals surface area contributed by atoms with Crippen LogP contribution in [0.15, 0.2) is 18.2 Å². The van der Waals surface area contributed by atoms with Gasteiger partial charge < -0.3 is 5.73 Å². The van der Waals surface area contributed by atoms with Crippen LogP contribution in [0.3, 0.4) is 0 Å². The first-order chi connectivity index (χ1) is 8.11. The molecule has 94 valence electrons. The molecule has 0 atom stereocenters. The topological polar surface area (TPSA) is 42.1 Å². The van der Waals surface area contributed by atoms with E-state index in [0.29, 0.717) is 5.41 Å². The molecule has 0 aliphatic carbocycles. The third-order valence-electron chi connectivity index (χ3n) is 3.89. The molecule has 0 spiro atoms. The van der Waals surface area contributed by atoms with E-state index in [4.69, 9.17) is 5.73 Å². The number of hydrogen-bond acceptors (Lipinski definition) is 3. The minimum atomic E-state index is 0.358. The average Bonchev–Trinajstić information content (AvgIpc) is 2.33. The van der Waals surface area contributed by atoms with Crippen molar-refractivity contribution in [1.29, 1.82) is 0 Å². The van der Waals surface area contributed by atoms with Crippen LogP contribution < -0.4 is 5.73 Å². The minimum absolute atomic E-state index is 0.358. The molecule has 2 heterocycles. The van der Waals surface area contributed by atoms with Crippen LogP contribution in [0.5, 0.6) is 0 Å². The fraction of sp³-hybridized carbons (Fsp3) is 0.643. The van der Waals surface area contributed by atoms with E-state index in [1.807, 2.05) is 13.0 Å². The Morgan fingerprint density at radius 3 is 2.65 bits per heavy atom. The summed E-state index contributed by atoms with van der Waals surface area (Å²) in [4.78, 5) is 7.04. The van der Waals surface area contributed by atoms with Gasteiger partial charge in [-0.3, -0.25) is 9.88 Å². The summed E-state index contributed by atoms with van der Waals surface area (Å²) in [6, 6.07) is 6.25. The van der Waals surface area contributed by atoms with Crippen molar-refractivity contribution < 1.29 is 0 Å². The monoisotopic (exact) mass is 233 g/mol. The van der Waals surface area contributed by atoms with Gasteiger partial charge in [0.25, 0.3) is 0 Å². The molecular formula is C14H23N3. The molecule has 0 bridgehead atoms. The van der Waals surface area contributed by atoms with Crippen molar-refractivity contribution in [1.82, 2.24) is 9.88 Å². The van der Waals surface area contributed by atoms with Gasteiger partial charge in [-0.25, -0.2) is 0 Å². The van der Waals surface area contributed by atoms with Gasteiger partial charge in [0.05, 0.1) is 5.69 Å². The lowest BCUT2D eigenvalue weighted by Gasteiger charge is -2.38. The van der Waals surface area contributed by atoms with Gasteiger partial charge in [0, 0.05) is 12.2 Å². The molecule has 1 saturated heterocycles. The largest absolute Gasteiger partial charge is 0.330 e. The van der Waals surface area contributed by atoms with Gasteiger partial charge >= 0.3 is 0 Å². The number of piperidine rings is 1. The van der Waals surface area contributed by atoms with Crippen molar-refractivity contribution in [3.63, 3.8) is 0 Å². The first-order valence-corrected chi connectivity index (χ1v) is 6.46. The Balaban J connectivity index is 1.90. The Bertz CT molecular complexity index is 367. The lowest BCUT2D eigenvalue weighted by molar-refractivity contribution is 0.118. The Morgan fingerprint density at radius 1 is 1.35 bits per heavy atom. The van der Waals surface area contributed by atoms with Crippen LogP contribution >= 0.6 is 0 Å². The predicted molar refractivity (Wildman–Crippen MR) is 70.6 cm³/mol. The highest BCUT2D eigenvalue weighted by molar-refractivity contribution is 5.09. The van der Waals surface area contributed by atoms with Crippen LogP contribution in [0.1, 0.15) is 31.2 Å². The molecule has 0 amide bonds. The van der Waals surface area contributed by atoms with Gasteiger partial charge in [-0.15, -0.1) is 0 Å². The zero-order chi connectivity index (χ0) is 12.3. The quantitative estimate of drug-likeness (QED) is 0.867. The Labute approximate surface area is 104 Å². The molecule has 1 aliphatic rings. The van der Waals surface area contributed by atoms with E-state index in [2.05, 4.69) is 28.9 Å². The maximum absolute atomic E-state index is 5.82. The number of hydrogen-bond donors (Lipinski definition) is 1. The number of likely N-dealkylation sites (tertiary alicyclic amines) is 1. The van der Waals surface area contributed by atoms with Crippen LogP contribution in [0.2, 0.25) is 0 Å². The highest BCUT2D eigenvalue weighted by Gasteiger charge is 2.28. The van der Waals surface area contributed by atoms with E-state index < -0.39 is 0 Å². The SMILES string of the molecule is Cc1cccc(CN2CCC(C)(CN)CC2)n1. The van der Waals surface area contributed by atoms with Crippen molar-refractivity contribution in [2.75, 3.05) is 19.6 Å². The molecule has 3 nitrogen and oxygen atoms in total. The molecule has 2 N–H and O–H groups in total. The molecule has 0 radical (unpaired) electrons. The summed E-state index contributed by atoms with van der Waals surface area (Å²) in [6.45, 7) is 8.42. The lowest BCUT2D eigenvalue weighted by Crippen LogP contribution is -2.41. The normalized spacial score (nSPS) is 20.4. The van der Waals surface area contributed by atoms with Crippen molar-refractivity contribution in [3.05, 3.63) is 29.6 Å². The Morgan fingerprint density at radius 2 is 2.06 bits per heavy atom.